The quantitative estimate of drug-likeness (QED) is 0.454. The molecule has 0 saturated heterocycles. The maximum absolute atomic E-state index is 12.6. The summed E-state index contributed by atoms with van der Waals surface area (Å²) < 4.78 is 12.1. The maximum Gasteiger partial charge on any atom is 0.252 e. The molecule has 4 heterocycles. The van der Waals surface area contributed by atoms with Crippen LogP contribution in [0.1, 0.15) is 11.3 Å². The second kappa shape index (κ2) is 8.16. The number of aromatic nitrogens is 4. The van der Waals surface area contributed by atoms with Crippen LogP contribution in [0.4, 0.5) is 5.82 Å². The highest BCUT2D eigenvalue weighted by molar-refractivity contribution is 7.13. The number of amides is 1. The minimum absolute atomic E-state index is 0.189. The van der Waals surface area contributed by atoms with Crippen LogP contribution in [0.25, 0.3) is 22.6 Å². The van der Waals surface area contributed by atoms with Gasteiger partial charge in [-0.1, -0.05) is 12.1 Å². The second-order valence-electron chi connectivity index (χ2n) is 6.95. The first kappa shape index (κ1) is 19.8. The van der Waals surface area contributed by atoms with E-state index in [1.165, 1.54) is 28.2 Å². The Labute approximate surface area is 186 Å². The van der Waals surface area contributed by atoms with Gasteiger partial charge in [0.2, 0.25) is 18.6 Å². The van der Waals surface area contributed by atoms with Crippen LogP contribution in [0.3, 0.4) is 0 Å². The van der Waals surface area contributed by atoms with Gasteiger partial charge in [0.05, 0.1) is 4.88 Å². The molecule has 0 fully saturated rings. The fourth-order valence-electron chi connectivity index (χ4n) is 3.20. The molecule has 0 atom stereocenters. The van der Waals surface area contributed by atoms with Gasteiger partial charge in [-0.25, -0.2) is 4.98 Å². The van der Waals surface area contributed by atoms with Crippen molar-refractivity contribution in [3.8, 4) is 28.0 Å². The summed E-state index contributed by atoms with van der Waals surface area (Å²) in [5, 5.41) is 9.29. The Balaban J connectivity index is 1.44. The topological polar surface area (TPSA) is 111 Å². The van der Waals surface area contributed by atoms with Crippen LogP contribution in [-0.2, 0) is 4.79 Å². The monoisotopic (exact) mass is 447 g/mol. The summed E-state index contributed by atoms with van der Waals surface area (Å²) >= 11 is 1.52. The van der Waals surface area contributed by atoms with Crippen molar-refractivity contribution in [1.29, 1.82) is 0 Å². The molecule has 1 amide bonds. The molecule has 0 unspecified atom stereocenters. The van der Waals surface area contributed by atoms with Crippen LogP contribution < -0.4 is 20.3 Å². The first-order chi connectivity index (χ1) is 15.5. The summed E-state index contributed by atoms with van der Waals surface area (Å²) in [5.74, 6) is 1.55. The third kappa shape index (κ3) is 4.03. The van der Waals surface area contributed by atoms with Crippen molar-refractivity contribution in [3.63, 3.8) is 0 Å². The summed E-state index contributed by atoms with van der Waals surface area (Å²) in [6.07, 6.45) is 3.08. The number of thiophene rings is 1. The second-order valence-corrected chi connectivity index (χ2v) is 7.90. The molecule has 10 heteroatoms. The summed E-state index contributed by atoms with van der Waals surface area (Å²) in [7, 11) is 0. The number of carbonyl (C=O) groups is 1. The minimum Gasteiger partial charge on any atom is -0.454 e. The number of carbonyl (C=O) groups excluding carboxylic acids is 1. The van der Waals surface area contributed by atoms with Gasteiger partial charge in [0.25, 0.3) is 5.56 Å². The number of ether oxygens (including phenoxy) is 2. The number of anilines is 1. The lowest BCUT2D eigenvalue weighted by atomic mass is 10.2. The zero-order valence-corrected chi connectivity index (χ0v) is 17.7. The summed E-state index contributed by atoms with van der Waals surface area (Å²) in [6.45, 7) is 1.91. The zero-order valence-electron chi connectivity index (χ0n) is 16.9. The van der Waals surface area contributed by atoms with Crippen LogP contribution >= 0.6 is 11.3 Å². The number of H-pyrrole nitrogens is 1. The number of hydrogen-bond acceptors (Lipinski definition) is 7. The van der Waals surface area contributed by atoms with E-state index < -0.39 is 0 Å². The predicted octanol–water partition coefficient (Wildman–Crippen LogP) is 3.37. The number of benzene rings is 1. The van der Waals surface area contributed by atoms with Gasteiger partial charge in [0, 0.05) is 23.9 Å². The largest absolute Gasteiger partial charge is 0.454 e. The van der Waals surface area contributed by atoms with E-state index in [1.807, 2.05) is 23.6 Å². The molecule has 0 aliphatic carbocycles. The third-order valence-corrected chi connectivity index (χ3v) is 5.51. The number of aromatic amines is 1. The van der Waals surface area contributed by atoms with Crippen molar-refractivity contribution in [2.45, 2.75) is 6.92 Å². The number of fused-ring (bicyclic) bond motifs is 1. The van der Waals surface area contributed by atoms with E-state index in [0.717, 1.165) is 10.4 Å². The smallest absolute Gasteiger partial charge is 0.252 e. The van der Waals surface area contributed by atoms with Crippen molar-refractivity contribution in [3.05, 3.63) is 75.5 Å². The van der Waals surface area contributed by atoms with Gasteiger partial charge in [-0.15, -0.1) is 11.3 Å². The van der Waals surface area contributed by atoms with Crippen LogP contribution in [0, 0.1) is 6.92 Å². The molecule has 5 rings (SSSR count). The van der Waals surface area contributed by atoms with Crippen molar-refractivity contribution >= 4 is 29.1 Å². The molecule has 160 valence electrons. The molecule has 0 saturated carbocycles. The number of aryl methyl sites for hydroxylation is 1. The number of nitrogens with zero attached hydrogens (tertiary/aromatic N) is 3. The highest BCUT2D eigenvalue weighted by Crippen LogP contribution is 2.33. The number of nitrogens with one attached hydrogen (secondary N) is 2. The standard InChI is InChI=1S/C22H17N5O4S/c1-13-9-21(29)25-22(23-13)27-19(11-15(26-27)18-3-2-8-32-18)24-20(28)7-5-14-4-6-16-17(10-14)31-12-30-16/h2-11H,12H2,1H3,(H,24,28)(H,23,25,29)/b7-5-. The molecule has 1 aliphatic heterocycles. The van der Waals surface area contributed by atoms with E-state index in [0.29, 0.717) is 28.7 Å². The fraction of sp³-hybridized carbons (Fsp3) is 0.0909. The zero-order chi connectivity index (χ0) is 22.1. The van der Waals surface area contributed by atoms with Crippen molar-refractivity contribution in [2.75, 3.05) is 12.1 Å². The number of hydrogen-bond donors (Lipinski definition) is 2. The Kier molecular flexibility index (Phi) is 5.04. The summed E-state index contributed by atoms with van der Waals surface area (Å²) in [5.41, 5.74) is 1.68. The number of rotatable bonds is 5. The summed E-state index contributed by atoms with van der Waals surface area (Å²) in [4.78, 5) is 32.5. The molecule has 0 spiro atoms. The first-order valence-corrected chi connectivity index (χ1v) is 10.5. The minimum atomic E-state index is -0.364. The van der Waals surface area contributed by atoms with E-state index in [9.17, 15) is 9.59 Å². The van der Waals surface area contributed by atoms with Gasteiger partial charge in [0.15, 0.2) is 11.5 Å². The first-order valence-electron chi connectivity index (χ1n) is 9.66. The fourth-order valence-corrected chi connectivity index (χ4v) is 3.88. The van der Waals surface area contributed by atoms with Crippen molar-refractivity contribution in [1.82, 2.24) is 19.7 Å². The lowest BCUT2D eigenvalue weighted by Gasteiger charge is -2.07. The van der Waals surface area contributed by atoms with Gasteiger partial charge in [-0.3, -0.25) is 14.6 Å². The van der Waals surface area contributed by atoms with E-state index in [2.05, 4.69) is 20.4 Å². The molecule has 3 aromatic heterocycles. The van der Waals surface area contributed by atoms with Crippen molar-refractivity contribution in [2.24, 2.45) is 0 Å². The molecule has 4 aromatic rings. The highest BCUT2D eigenvalue weighted by atomic mass is 32.1. The summed E-state index contributed by atoms with van der Waals surface area (Å²) in [6, 6.07) is 12.4. The van der Waals surface area contributed by atoms with E-state index in [-0.39, 0.29) is 24.2 Å². The molecule has 1 aliphatic rings. The Morgan fingerprint density at radius 2 is 2.09 bits per heavy atom. The van der Waals surface area contributed by atoms with Crippen molar-refractivity contribution < 1.29 is 14.3 Å². The normalized spacial score (nSPS) is 12.4. The third-order valence-electron chi connectivity index (χ3n) is 4.62. The molecule has 0 radical (unpaired) electrons. The Hall–Kier alpha value is -4.18. The molecule has 32 heavy (non-hydrogen) atoms. The van der Waals surface area contributed by atoms with E-state index in [1.54, 1.807) is 31.2 Å². The lowest BCUT2D eigenvalue weighted by molar-refractivity contribution is -0.111. The van der Waals surface area contributed by atoms with Gasteiger partial charge < -0.3 is 14.8 Å². The average Bonchev–Trinajstić information content (AvgIpc) is 3.51. The van der Waals surface area contributed by atoms with Crippen LogP contribution in [0.15, 0.2) is 58.7 Å². The Bertz CT molecular complexity index is 1390. The van der Waals surface area contributed by atoms with Crippen LogP contribution in [-0.4, -0.2) is 32.4 Å². The van der Waals surface area contributed by atoms with Gasteiger partial charge in [-0.05, 0) is 42.1 Å². The molecule has 1 aromatic carbocycles. The molecule has 2 N–H and O–H groups in total. The molecule has 0 bridgehead atoms. The van der Waals surface area contributed by atoms with Crippen LogP contribution in [0.5, 0.6) is 11.5 Å². The van der Waals surface area contributed by atoms with Gasteiger partial charge >= 0.3 is 0 Å². The highest BCUT2D eigenvalue weighted by Gasteiger charge is 2.16. The lowest BCUT2D eigenvalue weighted by Crippen LogP contribution is -2.17. The maximum atomic E-state index is 12.6. The predicted molar refractivity (Wildman–Crippen MR) is 120 cm³/mol. The SMILES string of the molecule is Cc1cc(=O)[nH]c(-n2nc(-c3cccs3)cc2NC(=O)/C=C\c2ccc3c(c2)OCO3)n1. The van der Waals surface area contributed by atoms with Gasteiger partial charge in [-0.2, -0.15) is 9.78 Å². The van der Waals surface area contributed by atoms with E-state index in [4.69, 9.17) is 9.47 Å². The van der Waals surface area contributed by atoms with Gasteiger partial charge in [0.1, 0.15) is 11.5 Å². The average molecular weight is 447 g/mol. The van der Waals surface area contributed by atoms with E-state index >= 15 is 0 Å². The Morgan fingerprint density at radius 3 is 2.91 bits per heavy atom. The molecular weight excluding hydrogens is 430 g/mol. The Morgan fingerprint density at radius 1 is 1.22 bits per heavy atom. The van der Waals surface area contributed by atoms with Crippen LogP contribution in [0.2, 0.25) is 0 Å². The molecular formula is C22H17N5O4S. The molecule has 9 nitrogen and oxygen atoms in total.